The molecule has 5 nitrogen and oxygen atoms in total. The zero-order valence-corrected chi connectivity index (χ0v) is 10.3. The van der Waals surface area contributed by atoms with Crippen LogP contribution in [0.3, 0.4) is 0 Å². The van der Waals surface area contributed by atoms with Gasteiger partial charge in [-0.25, -0.2) is 4.98 Å². The fraction of sp³-hybridized carbons (Fsp3) is 0.182. The van der Waals surface area contributed by atoms with E-state index in [2.05, 4.69) is 4.98 Å². The average Bonchev–Trinajstić information content (AvgIpc) is 2.75. The Balaban J connectivity index is 2.09. The van der Waals surface area contributed by atoms with Gasteiger partial charge in [-0.15, -0.1) is 0 Å². The van der Waals surface area contributed by atoms with Gasteiger partial charge in [0.15, 0.2) is 5.58 Å². The van der Waals surface area contributed by atoms with Gasteiger partial charge in [-0.1, -0.05) is 11.8 Å². The molecular weight excluding hydrogens is 278 g/mol. The molecule has 2 aromatic rings. The third kappa shape index (κ3) is 3.50. The third-order valence-electron chi connectivity index (χ3n) is 2.20. The van der Waals surface area contributed by atoms with Gasteiger partial charge in [-0.05, 0) is 18.6 Å². The van der Waals surface area contributed by atoms with E-state index in [1.54, 1.807) is 0 Å². The summed E-state index contributed by atoms with van der Waals surface area (Å²) in [5, 5.41) is 10.9. The quantitative estimate of drug-likeness (QED) is 0.359. The van der Waals surface area contributed by atoms with E-state index >= 15 is 0 Å². The van der Waals surface area contributed by atoms with Crippen molar-refractivity contribution in [3.05, 3.63) is 40.5 Å². The van der Waals surface area contributed by atoms with Crippen molar-refractivity contribution in [2.75, 3.05) is 5.75 Å². The Bertz CT molecular complexity index is 638. The van der Waals surface area contributed by atoms with Crippen LogP contribution in [0.15, 0.2) is 40.0 Å². The van der Waals surface area contributed by atoms with Crippen LogP contribution in [-0.2, 0) is 0 Å². The lowest BCUT2D eigenvalue weighted by molar-refractivity contribution is -0.384. The normalized spacial score (nSPS) is 10.6. The summed E-state index contributed by atoms with van der Waals surface area (Å²) in [4.78, 5) is 14.1. The van der Waals surface area contributed by atoms with Gasteiger partial charge in [0.1, 0.15) is 5.52 Å². The van der Waals surface area contributed by atoms with Gasteiger partial charge >= 0.3 is 0 Å². The Labute approximate surface area is 110 Å². The number of rotatable bonds is 5. The molecule has 0 bridgehead atoms. The highest BCUT2D eigenvalue weighted by Crippen LogP contribution is 2.26. The maximum atomic E-state index is 11.8. The fourth-order valence-electron chi connectivity index (χ4n) is 1.38. The lowest BCUT2D eigenvalue weighted by Gasteiger charge is -1.90. The smallest absolute Gasteiger partial charge is 0.271 e. The highest BCUT2D eigenvalue weighted by atomic mass is 32.2. The number of aromatic nitrogens is 1. The van der Waals surface area contributed by atoms with E-state index < -0.39 is 11.0 Å². The molecule has 2 rings (SSSR count). The minimum absolute atomic E-state index is 0.0696. The number of thioether (sulfide) groups is 1. The molecule has 1 aromatic carbocycles. The Hall–Kier alpha value is -1.96. The molecule has 0 unspecified atom stereocenters. The van der Waals surface area contributed by atoms with Gasteiger partial charge in [-0.2, -0.15) is 8.78 Å². The molecule has 0 saturated heterocycles. The summed E-state index contributed by atoms with van der Waals surface area (Å²) in [7, 11) is 0. The van der Waals surface area contributed by atoms with Crippen molar-refractivity contribution < 1.29 is 18.1 Å². The first-order valence-corrected chi connectivity index (χ1v) is 6.24. The van der Waals surface area contributed by atoms with E-state index in [9.17, 15) is 18.9 Å². The van der Waals surface area contributed by atoms with Crippen molar-refractivity contribution in [2.24, 2.45) is 0 Å². The van der Waals surface area contributed by atoms with Gasteiger partial charge in [0, 0.05) is 17.9 Å². The van der Waals surface area contributed by atoms with E-state index in [0.29, 0.717) is 22.1 Å². The number of non-ortho nitro benzene ring substituents is 1. The zero-order chi connectivity index (χ0) is 13.8. The molecular formula is C11H8F2N2O3S. The Morgan fingerprint density at radius 3 is 3.00 bits per heavy atom. The largest absolute Gasteiger partial charge is 0.431 e. The second-order valence-corrected chi connectivity index (χ2v) is 4.57. The van der Waals surface area contributed by atoms with Gasteiger partial charge in [-0.3, -0.25) is 10.1 Å². The molecule has 1 aromatic heterocycles. The molecule has 19 heavy (non-hydrogen) atoms. The first-order valence-electron chi connectivity index (χ1n) is 5.25. The van der Waals surface area contributed by atoms with Gasteiger partial charge in [0.2, 0.25) is 0 Å². The summed E-state index contributed by atoms with van der Waals surface area (Å²) in [6, 6.07) is 4.10. The van der Waals surface area contributed by atoms with Crippen LogP contribution in [0.4, 0.5) is 14.5 Å². The molecule has 0 atom stereocenters. The third-order valence-corrected chi connectivity index (χ3v) is 3.07. The summed E-state index contributed by atoms with van der Waals surface area (Å²) in [6.07, 6.45) is -0.694. The van der Waals surface area contributed by atoms with Crippen molar-refractivity contribution in [1.29, 1.82) is 0 Å². The molecule has 0 aliphatic carbocycles. The van der Waals surface area contributed by atoms with E-state index in [-0.39, 0.29) is 12.1 Å². The Morgan fingerprint density at radius 1 is 1.53 bits per heavy atom. The summed E-state index contributed by atoms with van der Waals surface area (Å²) >= 11 is 1.18. The minimum Gasteiger partial charge on any atom is -0.431 e. The van der Waals surface area contributed by atoms with Crippen molar-refractivity contribution in [2.45, 2.75) is 11.6 Å². The Kier molecular flexibility index (Phi) is 4.10. The van der Waals surface area contributed by atoms with Crippen LogP contribution in [-0.4, -0.2) is 15.7 Å². The number of hydrogen-bond acceptors (Lipinski definition) is 5. The first kappa shape index (κ1) is 13.5. The topological polar surface area (TPSA) is 69.2 Å². The fourth-order valence-corrected chi connectivity index (χ4v) is 2.11. The number of fused-ring (bicyclic) bond motifs is 1. The number of hydrogen-bond donors (Lipinski definition) is 0. The van der Waals surface area contributed by atoms with Crippen molar-refractivity contribution in [1.82, 2.24) is 4.98 Å². The molecule has 0 aliphatic rings. The van der Waals surface area contributed by atoms with Crippen LogP contribution in [0.2, 0.25) is 0 Å². The van der Waals surface area contributed by atoms with Crippen LogP contribution in [0.5, 0.6) is 0 Å². The molecule has 0 amide bonds. The number of halogens is 2. The van der Waals surface area contributed by atoms with Crippen LogP contribution < -0.4 is 0 Å². The van der Waals surface area contributed by atoms with E-state index in [4.69, 9.17) is 4.42 Å². The highest BCUT2D eigenvalue weighted by molar-refractivity contribution is 7.99. The second-order valence-electron chi connectivity index (χ2n) is 3.52. The lowest BCUT2D eigenvalue weighted by atomic mass is 10.3. The maximum Gasteiger partial charge on any atom is 0.271 e. The first-order chi connectivity index (χ1) is 9.06. The number of benzene rings is 1. The van der Waals surface area contributed by atoms with Crippen LogP contribution in [0.25, 0.3) is 11.1 Å². The summed E-state index contributed by atoms with van der Waals surface area (Å²) < 4.78 is 28.9. The number of nitro groups is 1. The maximum absolute atomic E-state index is 11.8. The lowest BCUT2D eigenvalue weighted by Crippen LogP contribution is -1.86. The van der Waals surface area contributed by atoms with Crippen LogP contribution in [0.1, 0.15) is 6.42 Å². The van der Waals surface area contributed by atoms with Crippen LogP contribution in [0, 0.1) is 10.1 Å². The molecule has 0 fully saturated rings. The molecule has 0 radical (unpaired) electrons. The van der Waals surface area contributed by atoms with Crippen molar-refractivity contribution in [3.63, 3.8) is 0 Å². The molecule has 0 N–H and O–H groups in total. The Morgan fingerprint density at radius 2 is 2.32 bits per heavy atom. The SMILES string of the molecule is O=[N+]([O-])c1ccc2oc(SCCC=C(F)F)nc2c1. The molecule has 0 saturated carbocycles. The van der Waals surface area contributed by atoms with Gasteiger partial charge in [0.25, 0.3) is 17.0 Å². The van der Waals surface area contributed by atoms with Crippen LogP contribution >= 0.6 is 11.8 Å². The molecule has 8 heteroatoms. The molecule has 0 aliphatic heterocycles. The zero-order valence-electron chi connectivity index (χ0n) is 9.51. The van der Waals surface area contributed by atoms with E-state index in [1.807, 2.05) is 0 Å². The summed E-state index contributed by atoms with van der Waals surface area (Å²) in [5.41, 5.74) is 0.740. The number of nitrogens with zero attached hydrogens (tertiary/aromatic N) is 2. The average molecular weight is 286 g/mol. The number of nitro benzene ring substituents is 1. The highest BCUT2D eigenvalue weighted by Gasteiger charge is 2.11. The van der Waals surface area contributed by atoms with E-state index in [1.165, 1.54) is 30.0 Å². The van der Waals surface area contributed by atoms with E-state index in [0.717, 1.165) is 6.08 Å². The monoisotopic (exact) mass is 286 g/mol. The number of oxazole rings is 1. The second kappa shape index (κ2) is 5.79. The van der Waals surface area contributed by atoms with Crippen molar-refractivity contribution >= 4 is 28.5 Å². The summed E-state index contributed by atoms with van der Waals surface area (Å²) in [6.45, 7) is 0. The predicted molar refractivity (Wildman–Crippen MR) is 66.3 cm³/mol. The molecule has 100 valence electrons. The molecule has 0 spiro atoms. The summed E-state index contributed by atoms with van der Waals surface area (Å²) in [5.74, 6) is 0.395. The standard InChI is InChI=1S/C11H8F2N2O3S/c12-10(13)2-1-5-19-11-14-8-6-7(15(16)17)3-4-9(8)18-11/h2-4,6H,1,5H2. The van der Waals surface area contributed by atoms with Crippen molar-refractivity contribution in [3.8, 4) is 0 Å². The number of allylic oxidation sites excluding steroid dienone is 1. The van der Waals surface area contributed by atoms with Gasteiger partial charge in [0.05, 0.1) is 4.92 Å². The van der Waals surface area contributed by atoms with Gasteiger partial charge < -0.3 is 4.42 Å². The molecule has 1 heterocycles. The minimum atomic E-state index is -1.71. The predicted octanol–water partition coefficient (Wildman–Crippen LogP) is 4.00.